The Morgan fingerprint density at radius 1 is 1.67 bits per heavy atom. The van der Waals surface area contributed by atoms with E-state index in [4.69, 9.17) is 11.6 Å². The van der Waals surface area contributed by atoms with Crippen LogP contribution in [0.2, 0.25) is 4.34 Å². The van der Waals surface area contributed by atoms with E-state index in [-0.39, 0.29) is 12.5 Å². The van der Waals surface area contributed by atoms with Crippen LogP contribution >= 0.6 is 22.9 Å². The zero-order valence-corrected chi connectivity index (χ0v) is 7.58. The number of carbonyl (C=O) groups excluding carboxylic acids is 1. The summed E-state index contributed by atoms with van der Waals surface area (Å²) in [5.41, 5.74) is 0.760. The van der Waals surface area contributed by atoms with Crippen LogP contribution in [0.4, 0.5) is 5.69 Å². The van der Waals surface area contributed by atoms with Gasteiger partial charge in [-0.05, 0) is 6.07 Å². The molecule has 1 amide bonds. The summed E-state index contributed by atoms with van der Waals surface area (Å²) < 4.78 is 0.661. The SMILES string of the molecule is O=C1CN=Cc2sc(Cl)cc2N1. The monoisotopic (exact) mass is 200 g/mol. The number of nitrogens with zero attached hydrogens (tertiary/aromatic N) is 1. The molecule has 5 heteroatoms. The lowest BCUT2D eigenvalue weighted by Gasteiger charge is -1.96. The fraction of sp³-hybridized carbons (Fsp3) is 0.143. The number of nitrogens with one attached hydrogen (secondary N) is 1. The van der Waals surface area contributed by atoms with E-state index < -0.39 is 0 Å². The summed E-state index contributed by atoms with van der Waals surface area (Å²) in [6, 6.07) is 1.73. The zero-order chi connectivity index (χ0) is 8.55. The molecule has 0 saturated carbocycles. The predicted octanol–water partition coefficient (Wildman–Crippen LogP) is 1.77. The largest absolute Gasteiger partial charge is 0.323 e. The van der Waals surface area contributed by atoms with Gasteiger partial charge in [-0.3, -0.25) is 9.79 Å². The van der Waals surface area contributed by atoms with Crippen molar-refractivity contribution in [2.75, 3.05) is 11.9 Å². The van der Waals surface area contributed by atoms with Gasteiger partial charge in [0, 0.05) is 6.21 Å². The molecule has 1 aromatic heterocycles. The van der Waals surface area contributed by atoms with E-state index in [9.17, 15) is 4.79 Å². The van der Waals surface area contributed by atoms with Gasteiger partial charge in [-0.25, -0.2) is 0 Å². The normalized spacial score (nSPS) is 15.2. The van der Waals surface area contributed by atoms with Crippen LogP contribution in [0.15, 0.2) is 11.1 Å². The van der Waals surface area contributed by atoms with E-state index >= 15 is 0 Å². The van der Waals surface area contributed by atoms with E-state index in [0.717, 1.165) is 10.6 Å². The molecule has 1 aliphatic heterocycles. The summed E-state index contributed by atoms with van der Waals surface area (Å²) in [5.74, 6) is -0.0977. The standard InChI is InChI=1S/C7H5ClN2OS/c8-6-1-4-5(12-6)2-9-3-7(11)10-4/h1-2H,3H2,(H,10,11). The summed E-state index contributed by atoms with van der Waals surface area (Å²) in [4.78, 5) is 15.8. The molecule has 62 valence electrons. The Kier molecular flexibility index (Phi) is 1.86. The molecule has 1 aliphatic rings. The molecule has 0 bridgehead atoms. The van der Waals surface area contributed by atoms with Gasteiger partial charge < -0.3 is 5.32 Å². The van der Waals surface area contributed by atoms with Crippen LogP contribution in [0, 0.1) is 0 Å². The molecule has 0 spiro atoms. The molecule has 3 nitrogen and oxygen atoms in total. The number of hydrogen-bond donors (Lipinski definition) is 1. The number of halogens is 1. The van der Waals surface area contributed by atoms with Crippen LogP contribution in [0.3, 0.4) is 0 Å². The van der Waals surface area contributed by atoms with Crippen molar-refractivity contribution in [3.63, 3.8) is 0 Å². The highest BCUT2D eigenvalue weighted by atomic mass is 35.5. The minimum atomic E-state index is -0.0977. The predicted molar refractivity (Wildman–Crippen MR) is 50.4 cm³/mol. The summed E-state index contributed by atoms with van der Waals surface area (Å²) in [7, 11) is 0. The maximum absolute atomic E-state index is 11.0. The minimum Gasteiger partial charge on any atom is -0.323 e. The van der Waals surface area contributed by atoms with E-state index in [1.807, 2.05) is 0 Å². The van der Waals surface area contributed by atoms with Crippen molar-refractivity contribution in [2.24, 2.45) is 4.99 Å². The van der Waals surface area contributed by atoms with Gasteiger partial charge in [0.05, 0.1) is 14.9 Å². The summed E-state index contributed by atoms with van der Waals surface area (Å²) in [5, 5.41) is 2.71. The average Bonchev–Trinajstić information content (AvgIpc) is 2.23. The van der Waals surface area contributed by atoms with Crippen molar-refractivity contribution >= 4 is 40.7 Å². The second-order valence-corrected chi connectivity index (χ2v) is 4.06. The number of carbonyl (C=O) groups is 1. The molecule has 0 unspecified atom stereocenters. The second-order valence-electron chi connectivity index (χ2n) is 2.35. The van der Waals surface area contributed by atoms with Gasteiger partial charge in [0.2, 0.25) is 5.91 Å². The molecule has 1 aromatic rings. The van der Waals surface area contributed by atoms with Crippen LogP contribution in [0.25, 0.3) is 0 Å². The van der Waals surface area contributed by atoms with E-state index in [1.165, 1.54) is 11.3 Å². The molecular formula is C7H5ClN2OS. The molecule has 12 heavy (non-hydrogen) atoms. The number of rotatable bonds is 0. The van der Waals surface area contributed by atoms with Gasteiger partial charge in [-0.2, -0.15) is 0 Å². The van der Waals surface area contributed by atoms with Crippen molar-refractivity contribution in [3.05, 3.63) is 15.3 Å². The molecule has 0 saturated heterocycles. The van der Waals surface area contributed by atoms with Crippen molar-refractivity contribution in [3.8, 4) is 0 Å². The van der Waals surface area contributed by atoms with Gasteiger partial charge in [0.25, 0.3) is 0 Å². The average molecular weight is 201 g/mol. The van der Waals surface area contributed by atoms with Gasteiger partial charge >= 0.3 is 0 Å². The van der Waals surface area contributed by atoms with Gasteiger partial charge in [-0.1, -0.05) is 11.6 Å². The first-order chi connectivity index (χ1) is 5.75. The fourth-order valence-electron chi connectivity index (χ4n) is 0.969. The third-order valence-corrected chi connectivity index (χ3v) is 2.65. The Bertz CT molecular complexity index is 358. The Balaban J connectivity index is 2.47. The first-order valence-corrected chi connectivity index (χ1v) is 4.54. The van der Waals surface area contributed by atoms with Crippen molar-refractivity contribution in [1.82, 2.24) is 0 Å². The number of amides is 1. The number of hydrogen-bond acceptors (Lipinski definition) is 3. The highest BCUT2D eigenvalue weighted by Gasteiger charge is 2.11. The number of thiophene rings is 1. The van der Waals surface area contributed by atoms with Crippen LogP contribution in [-0.2, 0) is 4.79 Å². The number of aliphatic imine (C=N–C) groups is 1. The summed E-state index contributed by atoms with van der Waals surface area (Å²) in [6.45, 7) is 0.193. The molecule has 0 aliphatic carbocycles. The highest BCUT2D eigenvalue weighted by molar-refractivity contribution is 7.18. The van der Waals surface area contributed by atoms with Gasteiger partial charge in [-0.15, -0.1) is 11.3 Å². The van der Waals surface area contributed by atoms with Crippen molar-refractivity contribution in [1.29, 1.82) is 0 Å². The van der Waals surface area contributed by atoms with E-state index in [0.29, 0.717) is 4.34 Å². The Morgan fingerprint density at radius 3 is 3.33 bits per heavy atom. The summed E-state index contributed by atoms with van der Waals surface area (Å²) >= 11 is 7.16. The quantitative estimate of drug-likeness (QED) is 0.682. The van der Waals surface area contributed by atoms with Crippen molar-refractivity contribution < 1.29 is 4.79 Å². The van der Waals surface area contributed by atoms with Crippen molar-refractivity contribution in [2.45, 2.75) is 0 Å². The maximum atomic E-state index is 11.0. The maximum Gasteiger partial charge on any atom is 0.246 e. The number of fused-ring (bicyclic) bond motifs is 1. The lowest BCUT2D eigenvalue weighted by atomic mass is 10.4. The molecule has 0 radical (unpaired) electrons. The smallest absolute Gasteiger partial charge is 0.246 e. The van der Waals surface area contributed by atoms with Crippen LogP contribution in [0.5, 0.6) is 0 Å². The topological polar surface area (TPSA) is 41.5 Å². The van der Waals surface area contributed by atoms with Crippen LogP contribution in [0.1, 0.15) is 4.88 Å². The molecule has 2 rings (SSSR count). The first-order valence-electron chi connectivity index (χ1n) is 3.35. The molecule has 0 atom stereocenters. The van der Waals surface area contributed by atoms with Crippen LogP contribution < -0.4 is 5.32 Å². The van der Waals surface area contributed by atoms with E-state index in [1.54, 1.807) is 12.3 Å². The first kappa shape index (κ1) is 7.76. The number of anilines is 1. The highest BCUT2D eigenvalue weighted by Crippen LogP contribution is 2.30. The Morgan fingerprint density at radius 2 is 2.50 bits per heavy atom. The zero-order valence-electron chi connectivity index (χ0n) is 6.00. The van der Waals surface area contributed by atoms with E-state index in [2.05, 4.69) is 10.3 Å². The third-order valence-electron chi connectivity index (χ3n) is 1.45. The Hall–Kier alpha value is -0.870. The molecule has 1 N–H and O–H groups in total. The lowest BCUT2D eigenvalue weighted by molar-refractivity contribution is -0.114. The molecule has 0 aromatic carbocycles. The van der Waals surface area contributed by atoms with Crippen LogP contribution in [-0.4, -0.2) is 18.7 Å². The molecule has 2 heterocycles. The summed E-state index contributed by atoms with van der Waals surface area (Å²) in [6.07, 6.45) is 1.67. The molecule has 0 fully saturated rings. The Labute approximate surface area is 78.1 Å². The fourth-order valence-corrected chi connectivity index (χ4v) is 2.06. The lowest BCUT2D eigenvalue weighted by Crippen LogP contribution is -2.12. The second kappa shape index (κ2) is 2.88. The van der Waals surface area contributed by atoms with Gasteiger partial charge in [0.1, 0.15) is 6.54 Å². The third kappa shape index (κ3) is 1.35. The minimum absolute atomic E-state index is 0.0977. The molecular weight excluding hydrogens is 196 g/mol. The van der Waals surface area contributed by atoms with Gasteiger partial charge in [0.15, 0.2) is 0 Å².